The van der Waals surface area contributed by atoms with Crippen molar-refractivity contribution in [2.45, 2.75) is 19.9 Å². The molecule has 0 aliphatic heterocycles. The number of hydrogen-bond donors (Lipinski definition) is 1. The second-order valence-electron chi connectivity index (χ2n) is 5.18. The zero-order chi connectivity index (χ0) is 18.7. The lowest BCUT2D eigenvalue weighted by atomic mass is 10.1. The van der Waals surface area contributed by atoms with E-state index in [9.17, 15) is 25.0 Å². The van der Waals surface area contributed by atoms with E-state index in [1.165, 1.54) is 32.2 Å². The van der Waals surface area contributed by atoms with E-state index >= 15 is 0 Å². The number of nitro groups is 2. The number of hydrogen-bond acceptors (Lipinski definition) is 7. The lowest BCUT2D eigenvalue weighted by Crippen LogP contribution is -2.24. The highest BCUT2D eigenvalue weighted by molar-refractivity contribution is 5.94. The van der Waals surface area contributed by atoms with Gasteiger partial charge in [-0.25, -0.2) is 4.68 Å². The highest BCUT2D eigenvalue weighted by Gasteiger charge is 2.25. The average molecular weight is 349 g/mol. The van der Waals surface area contributed by atoms with Crippen LogP contribution in [0.3, 0.4) is 0 Å². The summed E-state index contributed by atoms with van der Waals surface area (Å²) in [4.78, 5) is 32.8. The van der Waals surface area contributed by atoms with Crippen LogP contribution in [0.15, 0.2) is 24.4 Å². The molecule has 2 aromatic rings. The second-order valence-corrected chi connectivity index (χ2v) is 5.18. The molecule has 11 heteroatoms. The Bertz CT molecular complexity index is 846. The summed E-state index contributed by atoms with van der Waals surface area (Å²) in [6.07, 6.45) is 1.10. The third-order valence-electron chi connectivity index (χ3n) is 3.52. The first-order chi connectivity index (χ1) is 11.7. The lowest BCUT2D eigenvalue weighted by molar-refractivity contribution is -0.385. The molecule has 1 atom stereocenters. The van der Waals surface area contributed by atoms with Gasteiger partial charge in [0.25, 0.3) is 5.69 Å². The Morgan fingerprint density at radius 1 is 1.32 bits per heavy atom. The summed E-state index contributed by atoms with van der Waals surface area (Å²) < 4.78 is 5.94. The molecule has 0 saturated heterocycles. The Hall–Kier alpha value is -3.50. The maximum absolute atomic E-state index is 12.3. The molecule has 0 bridgehead atoms. The highest BCUT2D eigenvalue weighted by Crippen LogP contribution is 2.27. The van der Waals surface area contributed by atoms with Crippen molar-refractivity contribution in [3.8, 4) is 5.88 Å². The lowest BCUT2D eigenvalue weighted by Gasteiger charge is -2.13. The van der Waals surface area contributed by atoms with Crippen molar-refractivity contribution >= 4 is 23.0 Å². The summed E-state index contributed by atoms with van der Waals surface area (Å²) in [6.45, 7) is 3.13. The minimum absolute atomic E-state index is 0.0871. The van der Waals surface area contributed by atoms with Crippen LogP contribution in [0.1, 0.15) is 18.5 Å². The maximum Gasteiger partial charge on any atom is 0.350 e. The Labute approximate surface area is 141 Å². The molecule has 1 N–H and O–H groups in total. The van der Waals surface area contributed by atoms with E-state index < -0.39 is 21.8 Å². The Morgan fingerprint density at radius 3 is 2.48 bits per heavy atom. The van der Waals surface area contributed by atoms with Crippen LogP contribution in [0.2, 0.25) is 0 Å². The van der Waals surface area contributed by atoms with E-state index in [-0.39, 0.29) is 17.3 Å². The minimum atomic E-state index is -0.864. The number of carbonyl (C=O) groups is 1. The summed E-state index contributed by atoms with van der Waals surface area (Å²) in [7, 11) is 1.24. The van der Waals surface area contributed by atoms with Gasteiger partial charge < -0.3 is 10.1 Å². The first kappa shape index (κ1) is 17.8. The van der Waals surface area contributed by atoms with Gasteiger partial charge in [0.15, 0.2) is 0 Å². The maximum atomic E-state index is 12.3. The molecule has 2 rings (SSSR count). The van der Waals surface area contributed by atoms with Gasteiger partial charge in [0, 0.05) is 17.8 Å². The molecule has 25 heavy (non-hydrogen) atoms. The van der Waals surface area contributed by atoms with Crippen LogP contribution in [0.25, 0.3) is 0 Å². The summed E-state index contributed by atoms with van der Waals surface area (Å²) in [6, 6.07) is 3.17. The van der Waals surface area contributed by atoms with Crippen molar-refractivity contribution in [3.63, 3.8) is 0 Å². The van der Waals surface area contributed by atoms with E-state index in [0.29, 0.717) is 11.3 Å². The molecule has 0 spiro atoms. The molecule has 1 heterocycles. The standard InChI is InChI=1S/C14H15N5O6/c1-8-6-10(18(21)22)4-5-11(8)15-13(20)9(2)17-7-12(19(23)24)14(16-17)25-3/h4-7,9H,1-3H3,(H,15,20). The van der Waals surface area contributed by atoms with Crippen molar-refractivity contribution in [1.29, 1.82) is 0 Å². The van der Waals surface area contributed by atoms with Gasteiger partial charge in [-0.1, -0.05) is 0 Å². The molecular weight excluding hydrogens is 334 g/mol. The summed E-state index contributed by atoms with van der Waals surface area (Å²) in [5, 5.41) is 28.2. The van der Waals surface area contributed by atoms with Crippen molar-refractivity contribution in [2.24, 2.45) is 0 Å². The van der Waals surface area contributed by atoms with Crippen LogP contribution >= 0.6 is 0 Å². The normalized spacial score (nSPS) is 11.6. The predicted octanol–water partition coefficient (Wildman–Crippen LogP) is 2.22. The molecule has 0 saturated carbocycles. The largest absolute Gasteiger partial charge is 0.475 e. The molecule has 0 aliphatic carbocycles. The first-order valence-corrected chi connectivity index (χ1v) is 7.08. The number of amides is 1. The van der Waals surface area contributed by atoms with Crippen LogP contribution in [0.5, 0.6) is 5.88 Å². The zero-order valence-corrected chi connectivity index (χ0v) is 13.6. The number of ether oxygens (including phenoxy) is 1. The van der Waals surface area contributed by atoms with E-state index in [0.717, 1.165) is 10.9 Å². The van der Waals surface area contributed by atoms with Crippen molar-refractivity contribution in [1.82, 2.24) is 9.78 Å². The van der Waals surface area contributed by atoms with Gasteiger partial charge in [0.05, 0.1) is 17.0 Å². The number of benzene rings is 1. The molecule has 132 valence electrons. The predicted molar refractivity (Wildman–Crippen MR) is 86.6 cm³/mol. The van der Waals surface area contributed by atoms with Gasteiger partial charge in [-0.05, 0) is 25.5 Å². The van der Waals surface area contributed by atoms with Gasteiger partial charge in [-0.15, -0.1) is 5.10 Å². The van der Waals surface area contributed by atoms with Gasteiger partial charge >= 0.3 is 11.6 Å². The third kappa shape index (κ3) is 3.71. The molecule has 1 aromatic carbocycles. The van der Waals surface area contributed by atoms with E-state index in [1.54, 1.807) is 6.92 Å². The Kier molecular flexibility index (Phi) is 4.96. The number of nitrogens with one attached hydrogen (secondary N) is 1. The molecule has 0 radical (unpaired) electrons. The fourth-order valence-corrected chi connectivity index (χ4v) is 2.09. The average Bonchev–Trinajstić information content (AvgIpc) is 3.00. The number of aryl methyl sites for hydroxylation is 1. The Morgan fingerprint density at radius 2 is 2.00 bits per heavy atom. The number of aromatic nitrogens is 2. The quantitative estimate of drug-likeness (QED) is 0.622. The third-order valence-corrected chi connectivity index (χ3v) is 3.52. The number of nitro benzene ring substituents is 1. The molecule has 0 fully saturated rings. The summed E-state index contributed by atoms with van der Waals surface area (Å²) in [5.74, 6) is -0.687. The monoisotopic (exact) mass is 349 g/mol. The molecular formula is C14H15N5O6. The molecule has 11 nitrogen and oxygen atoms in total. The SMILES string of the molecule is COc1nn(C(C)C(=O)Nc2ccc([N+](=O)[O-])cc2C)cc1[N+](=O)[O-]. The number of carbonyl (C=O) groups excluding carboxylic acids is 1. The topological polar surface area (TPSA) is 142 Å². The van der Waals surface area contributed by atoms with Crippen molar-refractivity contribution in [3.05, 3.63) is 50.2 Å². The molecule has 1 amide bonds. The van der Waals surface area contributed by atoms with E-state index in [2.05, 4.69) is 10.4 Å². The molecule has 1 aromatic heterocycles. The van der Waals surface area contributed by atoms with Gasteiger partial charge in [0.1, 0.15) is 12.2 Å². The minimum Gasteiger partial charge on any atom is -0.475 e. The number of nitrogens with zero attached hydrogens (tertiary/aromatic N) is 4. The van der Waals surface area contributed by atoms with Crippen molar-refractivity contribution < 1.29 is 19.4 Å². The van der Waals surface area contributed by atoms with E-state index in [1.807, 2.05) is 0 Å². The number of non-ortho nitro benzene ring substituents is 1. The fraction of sp³-hybridized carbons (Fsp3) is 0.286. The second kappa shape index (κ2) is 6.95. The van der Waals surface area contributed by atoms with Gasteiger partial charge in [-0.2, -0.15) is 0 Å². The fourth-order valence-electron chi connectivity index (χ4n) is 2.09. The number of rotatable bonds is 6. The molecule has 1 unspecified atom stereocenters. The summed E-state index contributed by atoms with van der Waals surface area (Å²) in [5.41, 5.74) is 0.472. The van der Waals surface area contributed by atoms with Crippen LogP contribution in [0.4, 0.5) is 17.1 Å². The highest BCUT2D eigenvalue weighted by atomic mass is 16.6. The van der Waals surface area contributed by atoms with Gasteiger partial charge in [-0.3, -0.25) is 25.0 Å². The Balaban J connectivity index is 2.21. The smallest absolute Gasteiger partial charge is 0.350 e. The molecule has 0 aliphatic rings. The number of anilines is 1. The van der Waals surface area contributed by atoms with Crippen LogP contribution in [-0.2, 0) is 4.79 Å². The van der Waals surface area contributed by atoms with Crippen LogP contribution in [-0.4, -0.2) is 32.6 Å². The summed E-state index contributed by atoms with van der Waals surface area (Å²) >= 11 is 0. The van der Waals surface area contributed by atoms with E-state index in [4.69, 9.17) is 4.74 Å². The zero-order valence-electron chi connectivity index (χ0n) is 13.6. The van der Waals surface area contributed by atoms with Crippen LogP contribution in [0, 0.1) is 27.2 Å². The van der Waals surface area contributed by atoms with Crippen LogP contribution < -0.4 is 10.1 Å². The first-order valence-electron chi connectivity index (χ1n) is 7.08. The van der Waals surface area contributed by atoms with Gasteiger partial charge in [0.2, 0.25) is 5.91 Å². The van der Waals surface area contributed by atoms with Crippen molar-refractivity contribution in [2.75, 3.05) is 12.4 Å². The number of methoxy groups -OCH3 is 1.